The Morgan fingerprint density at radius 2 is 2.18 bits per heavy atom. The first-order valence-corrected chi connectivity index (χ1v) is 6.84. The molecule has 2 aromatic heterocycles. The monoisotopic (exact) mass is 333 g/mol. The van der Waals surface area contributed by atoms with E-state index in [2.05, 4.69) is 10.2 Å². The number of carboxylic acid groups (broad SMARTS) is 1. The van der Waals surface area contributed by atoms with Gasteiger partial charge in [-0.2, -0.15) is 18.3 Å². The van der Waals surface area contributed by atoms with E-state index in [1.54, 1.807) is 17.5 Å². The minimum atomic E-state index is -4.70. The topological polar surface area (TPSA) is 95.1 Å². The van der Waals surface area contributed by atoms with Gasteiger partial charge in [0, 0.05) is 0 Å². The smallest absolute Gasteiger partial charge is 0.391 e. The van der Waals surface area contributed by atoms with Crippen LogP contribution in [0.2, 0.25) is 0 Å². The molecule has 0 saturated heterocycles. The second kappa shape index (κ2) is 6.18. The predicted octanol–water partition coefficient (Wildman–Crippen LogP) is 2.27. The van der Waals surface area contributed by atoms with Crippen molar-refractivity contribution in [1.29, 1.82) is 0 Å². The summed E-state index contributed by atoms with van der Waals surface area (Å²) in [5.74, 6) is -2.75. The molecule has 2 heterocycles. The molecule has 2 rings (SSSR count). The van der Waals surface area contributed by atoms with Crippen LogP contribution in [0.4, 0.5) is 13.2 Å². The zero-order chi connectivity index (χ0) is 16.3. The van der Waals surface area contributed by atoms with Crippen LogP contribution in [-0.2, 0) is 4.79 Å². The summed E-state index contributed by atoms with van der Waals surface area (Å²) in [6, 6.07) is 2.83. The van der Waals surface area contributed by atoms with Crippen LogP contribution in [-0.4, -0.2) is 39.4 Å². The molecule has 0 radical (unpaired) electrons. The summed E-state index contributed by atoms with van der Waals surface area (Å²) < 4.78 is 36.8. The summed E-state index contributed by atoms with van der Waals surface area (Å²) in [7, 11) is 0. The van der Waals surface area contributed by atoms with E-state index in [1.807, 2.05) is 5.32 Å². The molecule has 118 valence electrons. The number of aromatic amines is 1. The summed E-state index contributed by atoms with van der Waals surface area (Å²) in [6.07, 6.45) is -6.36. The lowest BCUT2D eigenvalue weighted by Crippen LogP contribution is -2.43. The number of aliphatic carboxylic acids is 1. The number of carbonyl (C=O) groups excluding carboxylic acids is 1. The van der Waals surface area contributed by atoms with Gasteiger partial charge in [-0.05, 0) is 17.5 Å². The highest BCUT2D eigenvalue weighted by Crippen LogP contribution is 2.24. The molecule has 0 saturated carbocycles. The molecule has 3 N–H and O–H groups in total. The fraction of sp³-hybridized carbons (Fsp3) is 0.250. The Labute approximate surface area is 126 Å². The molecular weight excluding hydrogens is 323 g/mol. The average molecular weight is 333 g/mol. The molecule has 1 amide bonds. The van der Waals surface area contributed by atoms with Crippen molar-refractivity contribution in [3.05, 3.63) is 29.3 Å². The van der Waals surface area contributed by atoms with Gasteiger partial charge in [0.25, 0.3) is 5.91 Å². The highest BCUT2D eigenvalue weighted by Gasteiger charge is 2.36. The maximum Gasteiger partial charge on any atom is 0.391 e. The van der Waals surface area contributed by atoms with Crippen molar-refractivity contribution in [1.82, 2.24) is 15.5 Å². The van der Waals surface area contributed by atoms with E-state index in [0.29, 0.717) is 5.69 Å². The maximum atomic E-state index is 12.3. The Bertz CT molecular complexity index is 667. The Morgan fingerprint density at radius 1 is 1.45 bits per heavy atom. The van der Waals surface area contributed by atoms with Gasteiger partial charge < -0.3 is 10.4 Å². The van der Waals surface area contributed by atoms with Crippen molar-refractivity contribution in [3.63, 3.8) is 0 Å². The van der Waals surface area contributed by atoms with Crippen molar-refractivity contribution in [2.24, 2.45) is 0 Å². The number of nitrogens with zero attached hydrogens (tertiary/aromatic N) is 1. The third-order valence-corrected chi connectivity index (χ3v) is 3.54. The first-order chi connectivity index (χ1) is 10.3. The number of carboxylic acids is 1. The highest BCUT2D eigenvalue weighted by atomic mass is 32.1. The number of thiophene rings is 1. The van der Waals surface area contributed by atoms with Crippen LogP contribution in [0.25, 0.3) is 10.6 Å². The molecule has 10 heteroatoms. The number of H-pyrrole nitrogens is 1. The van der Waals surface area contributed by atoms with Crippen LogP contribution in [0, 0.1) is 0 Å². The Kier molecular flexibility index (Phi) is 4.50. The van der Waals surface area contributed by atoms with Gasteiger partial charge in [0.2, 0.25) is 0 Å². The van der Waals surface area contributed by atoms with E-state index in [1.165, 1.54) is 17.4 Å². The molecular formula is C12H10F3N3O3S. The number of amides is 1. The number of hydrogen-bond donors (Lipinski definition) is 3. The molecule has 22 heavy (non-hydrogen) atoms. The van der Waals surface area contributed by atoms with Crippen LogP contribution in [0.3, 0.4) is 0 Å². The van der Waals surface area contributed by atoms with Crippen molar-refractivity contribution >= 4 is 23.2 Å². The number of aromatic nitrogens is 2. The minimum Gasteiger partial charge on any atom is -0.480 e. The first-order valence-electron chi connectivity index (χ1n) is 5.96. The van der Waals surface area contributed by atoms with Crippen LogP contribution < -0.4 is 5.32 Å². The van der Waals surface area contributed by atoms with Crippen molar-refractivity contribution in [3.8, 4) is 10.6 Å². The minimum absolute atomic E-state index is 0.183. The Hall–Kier alpha value is -2.36. The molecule has 1 atom stereocenters. The summed E-state index contributed by atoms with van der Waals surface area (Å²) >= 11 is 1.38. The number of rotatable bonds is 5. The number of halogens is 3. The van der Waals surface area contributed by atoms with E-state index in [4.69, 9.17) is 5.11 Å². The summed E-state index contributed by atoms with van der Waals surface area (Å²) in [4.78, 5) is 23.4. The lowest BCUT2D eigenvalue weighted by atomic mass is 10.2. The van der Waals surface area contributed by atoms with Gasteiger partial charge >= 0.3 is 12.1 Å². The second-order valence-corrected chi connectivity index (χ2v) is 5.28. The Morgan fingerprint density at radius 3 is 2.73 bits per heavy atom. The van der Waals surface area contributed by atoms with Crippen molar-refractivity contribution < 1.29 is 27.9 Å². The molecule has 0 aliphatic heterocycles. The summed E-state index contributed by atoms with van der Waals surface area (Å²) in [5, 5.41) is 18.6. The van der Waals surface area contributed by atoms with E-state index in [-0.39, 0.29) is 5.69 Å². The molecule has 0 aromatic carbocycles. The largest absolute Gasteiger partial charge is 0.480 e. The Balaban J connectivity index is 2.09. The molecule has 6 nitrogen and oxygen atoms in total. The van der Waals surface area contributed by atoms with Gasteiger partial charge in [-0.3, -0.25) is 9.89 Å². The second-order valence-electron chi connectivity index (χ2n) is 4.33. The zero-order valence-electron chi connectivity index (χ0n) is 10.8. The summed E-state index contributed by atoms with van der Waals surface area (Å²) in [6.45, 7) is 0. The maximum absolute atomic E-state index is 12.3. The standard InChI is InChI=1S/C12H10F3N3O3S/c13-12(14,15)5-8(11(20)21)16-10(19)7-4-6(17-18-7)9-2-1-3-22-9/h1-4,8H,5H2,(H,16,19)(H,17,18)(H,20,21). The summed E-state index contributed by atoms with van der Waals surface area (Å²) in [5.41, 5.74) is 0.333. The van der Waals surface area contributed by atoms with Crippen molar-refractivity contribution in [2.75, 3.05) is 0 Å². The predicted molar refractivity (Wildman–Crippen MR) is 71.5 cm³/mol. The molecule has 1 unspecified atom stereocenters. The number of carbonyl (C=O) groups is 2. The fourth-order valence-electron chi connectivity index (χ4n) is 1.66. The number of hydrogen-bond acceptors (Lipinski definition) is 4. The van der Waals surface area contributed by atoms with Gasteiger partial charge in [0.1, 0.15) is 6.04 Å². The molecule has 0 aliphatic rings. The third-order valence-electron chi connectivity index (χ3n) is 2.64. The van der Waals surface area contributed by atoms with Crippen LogP contribution in [0.5, 0.6) is 0 Å². The van der Waals surface area contributed by atoms with E-state index >= 15 is 0 Å². The normalized spacial score (nSPS) is 12.9. The van der Waals surface area contributed by atoms with E-state index in [0.717, 1.165) is 4.88 Å². The highest BCUT2D eigenvalue weighted by molar-refractivity contribution is 7.13. The van der Waals surface area contributed by atoms with Gasteiger partial charge in [0.05, 0.1) is 17.0 Å². The average Bonchev–Trinajstić information content (AvgIpc) is 3.07. The molecule has 2 aromatic rings. The zero-order valence-corrected chi connectivity index (χ0v) is 11.7. The van der Waals surface area contributed by atoms with Gasteiger partial charge in [-0.1, -0.05) is 6.07 Å². The third kappa shape index (κ3) is 4.07. The number of nitrogens with one attached hydrogen (secondary N) is 2. The van der Waals surface area contributed by atoms with Gasteiger partial charge in [-0.15, -0.1) is 11.3 Å². The SMILES string of the molecule is O=C(NC(CC(F)(F)F)C(=O)O)c1cc(-c2cccs2)[nH]n1. The van der Waals surface area contributed by atoms with E-state index < -0.39 is 30.5 Å². The van der Waals surface area contributed by atoms with Crippen LogP contribution in [0.1, 0.15) is 16.9 Å². The fourth-order valence-corrected chi connectivity index (χ4v) is 2.35. The number of alkyl halides is 3. The van der Waals surface area contributed by atoms with Crippen LogP contribution in [0.15, 0.2) is 23.6 Å². The van der Waals surface area contributed by atoms with Gasteiger partial charge in [0.15, 0.2) is 5.69 Å². The molecule has 0 bridgehead atoms. The van der Waals surface area contributed by atoms with Gasteiger partial charge in [-0.25, -0.2) is 4.79 Å². The molecule has 0 fully saturated rings. The quantitative estimate of drug-likeness (QED) is 0.782. The van der Waals surface area contributed by atoms with E-state index in [9.17, 15) is 22.8 Å². The lowest BCUT2D eigenvalue weighted by molar-refractivity contribution is -0.157. The first kappa shape index (κ1) is 16.0. The lowest BCUT2D eigenvalue weighted by Gasteiger charge is -2.15. The molecule has 0 aliphatic carbocycles. The molecule has 0 spiro atoms. The van der Waals surface area contributed by atoms with Crippen LogP contribution >= 0.6 is 11.3 Å². The van der Waals surface area contributed by atoms with Crippen molar-refractivity contribution in [2.45, 2.75) is 18.6 Å².